The average Bonchev–Trinajstić information content (AvgIpc) is 2.85. The predicted octanol–water partition coefficient (Wildman–Crippen LogP) is 2.48. The second kappa shape index (κ2) is 6.12. The third-order valence-electron chi connectivity index (χ3n) is 4.91. The number of anilines is 1. The Labute approximate surface area is 121 Å². The van der Waals surface area contributed by atoms with Crippen molar-refractivity contribution in [1.82, 2.24) is 15.5 Å². The molecule has 1 N–H and O–H groups in total. The van der Waals surface area contributed by atoms with Crippen LogP contribution in [0.4, 0.5) is 5.95 Å². The van der Waals surface area contributed by atoms with E-state index in [4.69, 9.17) is 9.51 Å². The number of hydrogen-bond acceptors (Lipinski definition) is 5. The molecule has 0 amide bonds. The molecule has 1 aromatic rings. The van der Waals surface area contributed by atoms with Crippen LogP contribution < -0.4 is 10.2 Å². The maximum Gasteiger partial charge on any atom is 0.266 e. The highest BCUT2D eigenvalue weighted by atomic mass is 16.5. The van der Waals surface area contributed by atoms with E-state index in [9.17, 15) is 0 Å². The van der Waals surface area contributed by atoms with Crippen molar-refractivity contribution in [3.63, 3.8) is 0 Å². The summed E-state index contributed by atoms with van der Waals surface area (Å²) in [6.45, 7) is 6.43. The third-order valence-corrected chi connectivity index (χ3v) is 4.91. The predicted molar refractivity (Wildman–Crippen MR) is 79.1 cm³/mol. The van der Waals surface area contributed by atoms with E-state index in [2.05, 4.69) is 22.3 Å². The molecule has 5 nitrogen and oxygen atoms in total. The van der Waals surface area contributed by atoms with E-state index in [1.165, 1.54) is 32.1 Å². The Morgan fingerprint density at radius 3 is 2.65 bits per heavy atom. The Kier molecular flexibility index (Phi) is 4.24. The monoisotopic (exact) mass is 278 g/mol. The molecule has 3 rings (SSSR count). The van der Waals surface area contributed by atoms with Gasteiger partial charge in [0.2, 0.25) is 5.89 Å². The van der Waals surface area contributed by atoms with E-state index in [0.29, 0.717) is 0 Å². The molecule has 2 aliphatic heterocycles. The van der Waals surface area contributed by atoms with Crippen LogP contribution in [0.15, 0.2) is 4.52 Å². The summed E-state index contributed by atoms with van der Waals surface area (Å²) >= 11 is 0. The molecule has 1 atom stereocenters. The lowest BCUT2D eigenvalue weighted by Gasteiger charge is -2.33. The second-order valence-corrected chi connectivity index (χ2v) is 6.22. The largest absolute Gasteiger partial charge is 0.338 e. The molecule has 3 heterocycles. The summed E-state index contributed by atoms with van der Waals surface area (Å²) in [4.78, 5) is 7.04. The van der Waals surface area contributed by atoms with Gasteiger partial charge in [-0.15, -0.1) is 0 Å². The minimum atomic E-state index is 0.0509. The maximum absolute atomic E-state index is 5.65. The van der Waals surface area contributed by atoms with E-state index < -0.39 is 0 Å². The summed E-state index contributed by atoms with van der Waals surface area (Å²) in [5, 5.41) is 7.74. The fourth-order valence-corrected chi connectivity index (χ4v) is 3.43. The molecule has 1 unspecified atom stereocenters. The van der Waals surface area contributed by atoms with Crippen molar-refractivity contribution in [2.24, 2.45) is 0 Å². The molecular weight excluding hydrogens is 252 g/mol. The lowest BCUT2D eigenvalue weighted by Crippen LogP contribution is -2.43. The maximum atomic E-state index is 5.65. The second-order valence-electron chi connectivity index (χ2n) is 6.22. The number of hydrogen-bond donors (Lipinski definition) is 1. The highest BCUT2D eigenvalue weighted by molar-refractivity contribution is 5.29. The number of rotatable bonds is 3. The Morgan fingerprint density at radius 2 is 2.00 bits per heavy atom. The molecule has 1 aromatic heterocycles. The van der Waals surface area contributed by atoms with Gasteiger partial charge in [-0.3, -0.25) is 0 Å². The molecular formula is C15H26N4O. The standard InChI is InChI=1S/C15H26N4O/c1-2-15(8-7-9-16-12-15)13-17-14(18-20-13)19-10-5-3-4-6-11-19/h16H,2-12H2,1H3. The molecule has 20 heavy (non-hydrogen) atoms. The van der Waals surface area contributed by atoms with Crippen molar-refractivity contribution < 1.29 is 4.52 Å². The molecule has 0 aromatic carbocycles. The zero-order chi connectivity index (χ0) is 13.8. The van der Waals surface area contributed by atoms with Crippen LogP contribution in [0.3, 0.4) is 0 Å². The zero-order valence-corrected chi connectivity index (χ0v) is 12.5. The summed E-state index contributed by atoms with van der Waals surface area (Å²) in [6.07, 6.45) is 8.53. The fraction of sp³-hybridized carbons (Fsp3) is 0.867. The van der Waals surface area contributed by atoms with Gasteiger partial charge in [0.25, 0.3) is 5.95 Å². The zero-order valence-electron chi connectivity index (χ0n) is 12.5. The summed E-state index contributed by atoms with van der Waals surface area (Å²) in [5.41, 5.74) is 0.0509. The van der Waals surface area contributed by atoms with Gasteiger partial charge in [-0.25, -0.2) is 0 Å². The number of piperidine rings is 1. The molecule has 0 bridgehead atoms. The van der Waals surface area contributed by atoms with Crippen LogP contribution in [-0.4, -0.2) is 36.3 Å². The Hall–Kier alpha value is -1.10. The van der Waals surface area contributed by atoms with Gasteiger partial charge < -0.3 is 14.7 Å². The first-order valence-electron chi connectivity index (χ1n) is 8.14. The molecule has 2 aliphatic rings. The van der Waals surface area contributed by atoms with Crippen LogP contribution in [0.1, 0.15) is 57.8 Å². The van der Waals surface area contributed by atoms with Crippen LogP contribution in [0.5, 0.6) is 0 Å². The number of nitrogens with one attached hydrogen (secondary N) is 1. The Balaban J connectivity index is 1.77. The van der Waals surface area contributed by atoms with Gasteiger partial charge in [0.05, 0.1) is 5.41 Å². The summed E-state index contributed by atoms with van der Waals surface area (Å²) in [5.74, 6) is 1.65. The molecule has 0 aliphatic carbocycles. The number of aromatic nitrogens is 2. The molecule has 0 radical (unpaired) electrons. The van der Waals surface area contributed by atoms with Crippen molar-refractivity contribution in [1.29, 1.82) is 0 Å². The van der Waals surface area contributed by atoms with Gasteiger partial charge >= 0.3 is 0 Å². The topological polar surface area (TPSA) is 54.2 Å². The van der Waals surface area contributed by atoms with Gasteiger partial charge in [0.15, 0.2) is 0 Å². The van der Waals surface area contributed by atoms with Crippen molar-refractivity contribution in [2.75, 3.05) is 31.1 Å². The molecule has 2 fully saturated rings. The van der Waals surface area contributed by atoms with Crippen molar-refractivity contribution in [3.8, 4) is 0 Å². The first-order chi connectivity index (χ1) is 9.84. The first-order valence-corrected chi connectivity index (χ1v) is 8.14. The van der Waals surface area contributed by atoms with E-state index in [1.807, 2.05) is 0 Å². The van der Waals surface area contributed by atoms with Gasteiger partial charge in [-0.1, -0.05) is 19.8 Å². The Morgan fingerprint density at radius 1 is 1.20 bits per heavy atom. The molecule has 2 saturated heterocycles. The lowest BCUT2D eigenvalue weighted by atomic mass is 9.78. The third kappa shape index (κ3) is 2.68. The van der Waals surface area contributed by atoms with E-state index in [0.717, 1.165) is 50.9 Å². The summed E-state index contributed by atoms with van der Waals surface area (Å²) in [7, 11) is 0. The van der Waals surface area contributed by atoms with Crippen LogP contribution in [0.25, 0.3) is 0 Å². The van der Waals surface area contributed by atoms with Crippen LogP contribution in [0.2, 0.25) is 0 Å². The van der Waals surface area contributed by atoms with E-state index in [1.54, 1.807) is 0 Å². The smallest absolute Gasteiger partial charge is 0.266 e. The van der Waals surface area contributed by atoms with Crippen LogP contribution in [-0.2, 0) is 5.41 Å². The average molecular weight is 278 g/mol. The van der Waals surface area contributed by atoms with Gasteiger partial charge in [0, 0.05) is 19.6 Å². The lowest BCUT2D eigenvalue weighted by molar-refractivity contribution is 0.221. The highest BCUT2D eigenvalue weighted by Crippen LogP contribution is 2.34. The first kappa shape index (κ1) is 13.9. The van der Waals surface area contributed by atoms with Crippen molar-refractivity contribution >= 4 is 5.95 Å². The minimum Gasteiger partial charge on any atom is -0.338 e. The van der Waals surface area contributed by atoms with Crippen molar-refractivity contribution in [3.05, 3.63) is 5.89 Å². The van der Waals surface area contributed by atoms with Gasteiger partial charge in [-0.2, -0.15) is 4.98 Å². The van der Waals surface area contributed by atoms with Crippen LogP contribution >= 0.6 is 0 Å². The normalized spacial score (nSPS) is 28.4. The Bertz CT molecular complexity index is 417. The van der Waals surface area contributed by atoms with Gasteiger partial charge in [0.1, 0.15) is 0 Å². The summed E-state index contributed by atoms with van der Waals surface area (Å²) in [6, 6.07) is 0. The molecule has 0 spiro atoms. The van der Waals surface area contributed by atoms with E-state index in [-0.39, 0.29) is 5.41 Å². The highest BCUT2D eigenvalue weighted by Gasteiger charge is 2.38. The summed E-state index contributed by atoms with van der Waals surface area (Å²) < 4.78 is 5.65. The van der Waals surface area contributed by atoms with Gasteiger partial charge in [-0.05, 0) is 43.8 Å². The quantitative estimate of drug-likeness (QED) is 0.920. The molecule has 0 saturated carbocycles. The molecule has 112 valence electrons. The van der Waals surface area contributed by atoms with Crippen molar-refractivity contribution in [2.45, 2.75) is 57.3 Å². The van der Waals surface area contributed by atoms with Crippen LogP contribution in [0, 0.1) is 0 Å². The molecule has 5 heteroatoms. The minimum absolute atomic E-state index is 0.0509. The number of nitrogens with zero attached hydrogens (tertiary/aromatic N) is 3. The fourth-order valence-electron chi connectivity index (χ4n) is 3.43. The SMILES string of the molecule is CCC1(c2nc(N3CCCCCC3)no2)CCCNC1. The van der Waals surface area contributed by atoms with E-state index >= 15 is 0 Å².